The molecular weight excluding hydrogens is 365 g/mol. The van der Waals surface area contributed by atoms with Crippen LogP contribution in [-0.4, -0.2) is 31.3 Å². The Morgan fingerprint density at radius 1 is 1.23 bits per heavy atom. The number of pyridine rings is 1. The highest BCUT2D eigenvalue weighted by atomic mass is 28.3. The Kier molecular flexibility index (Phi) is 5.92. The Bertz CT molecular complexity index is 857. The van der Waals surface area contributed by atoms with Gasteiger partial charge in [-0.1, -0.05) is 19.6 Å². The summed E-state index contributed by atoms with van der Waals surface area (Å²) in [6, 6.07) is 6.57. The first kappa shape index (κ1) is 20.2. The molecule has 0 bridgehead atoms. The van der Waals surface area contributed by atoms with E-state index >= 15 is 0 Å². The fraction of sp³-hybridized carbons (Fsp3) is 0.412. The molecule has 2 rings (SSSR count). The van der Waals surface area contributed by atoms with E-state index < -0.39 is 20.2 Å². The predicted molar refractivity (Wildman–Crippen MR) is 97.0 cm³/mol. The second-order valence-electron chi connectivity index (χ2n) is 7.19. The lowest BCUT2D eigenvalue weighted by molar-refractivity contribution is -0.167. The van der Waals surface area contributed by atoms with Crippen molar-refractivity contribution in [2.24, 2.45) is 0 Å². The predicted octanol–water partition coefficient (Wildman–Crippen LogP) is 3.81. The zero-order chi connectivity index (χ0) is 19.5. The van der Waals surface area contributed by atoms with Gasteiger partial charge in [-0.15, -0.1) is 0 Å². The molecule has 0 atom stereocenters. The minimum atomic E-state index is -4.97. The minimum Gasteiger partial charge on any atom is -0.361 e. The van der Waals surface area contributed by atoms with Crippen molar-refractivity contribution in [3.05, 3.63) is 40.8 Å². The molecule has 142 valence electrons. The van der Waals surface area contributed by atoms with Crippen LogP contribution in [0, 0.1) is 0 Å². The molecule has 2 aromatic rings. The lowest BCUT2D eigenvalue weighted by atomic mass is 10.1. The van der Waals surface area contributed by atoms with Gasteiger partial charge in [-0.3, -0.25) is 14.2 Å². The first-order valence-corrected chi connectivity index (χ1v) is 11.8. The van der Waals surface area contributed by atoms with Crippen LogP contribution in [0.15, 0.2) is 35.3 Å². The molecule has 0 aliphatic rings. The molecule has 0 radical (unpaired) electrons. The molecular formula is C17H21F3N2O3Si. The molecule has 1 N–H and O–H groups in total. The SMILES string of the molecule is C[Si](C)(C)CCOCn1ccc2cc(NC(=O)C(F)(F)F)ccc2c1=O. The summed E-state index contributed by atoms with van der Waals surface area (Å²) in [5.74, 6) is -2.05. The number of benzene rings is 1. The highest BCUT2D eigenvalue weighted by Gasteiger charge is 2.38. The average molecular weight is 386 g/mol. The molecule has 26 heavy (non-hydrogen) atoms. The van der Waals surface area contributed by atoms with E-state index in [1.165, 1.54) is 29.0 Å². The van der Waals surface area contributed by atoms with Crippen molar-refractivity contribution in [2.75, 3.05) is 11.9 Å². The van der Waals surface area contributed by atoms with E-state index in [0.29, 0.717) is 17.4 Å². The first-order valence-electron chi connectivity index (χ1n) is 8.06. The fourth-order valence-electron chi connectivity index (χ4n) is 2.21. The molecule has 0 fully saturated rings. The quantitative estimate of drug-likeness (QED) is 0.607. The van der Waals surface area contributed by atoms with Gasteiger partial charge in [-0.05, 0) is 35.7 Å². The topological polar surface area (TPSA) is 60.3 Å². The fourth-order valence-corrected chi connectivity index (χ4v) is 2.97. The summed E-state index contributed by atoms with van der Waals surface area (Å²) in [7, 11) is -1.21. The van der Waals surface area contributed by atoms with E-state index in [9.17, 15) is 22.8 Å². The van der Waals surface area contributed by atoms with Crippen LogP contribution in [0.25, 0.3) is 10.8 Å². The number of halogens is 3. The number of rotatable bonds is 6. The van der Waals surface area contributed by atoms with Crippen molar-refractivity contribution in [3.63, 3.8) is 0 Å². The minimum absolute atomic E-state index is 0.0247. The molecule has 0 spiro atoms. The van der Waals surface area contributed by atoms with Crippen molar-refractivity contribution in [3.8, 4) is 0 Å². The Labute approximate surface area is 149 Å². The molecule has 0 aliphatic heterocycles. The number of nitrogens with zero attached hydrogens (tertiary/aromatic N) is 1. The van der Waals surface area contributed by atoms with Crippen LogP contribution in [0.1, 0.15) is 0 Å². The van der Waals surface area contributed by atoms with Gasteiger partial charge in [0.2, 0.25) is 0 Å². The molecule has 1 heterocycles. The summed E-state index contributed by atoms with van der Waals surface area (Å²) in [6.07, 6.45) is -3.44. The molecule has 1 amide bonds. The van der Waals surface area contributed by atoms with E-state index in [1.54, 1.807) is 11.4 Å². The van der Waals surface area contributed by atoms with Gasteiger partial charge in [0, 0.05) is 32.0 Å². The van der Waals surface area contributed by atoms with Gasteiger partial charge in [0.25, 0.3) is 5.56 Å². The van der Waals surface area contributed by atoms with Crippen LogP contribution in [0.5, 0.6) is 0 Å². The summed E-state index contributed by atoms with van der Waals surface area (Å²) in [5, 5.41) is 2.55. The molecule has 0 aliphatic carbocycles. The van der Waals surface area contributed by atoms with E-state index in [1.807, 2.05) is 0 Å². The standard InChI is InChI=1S/C17H21F3N2O3Si/c1-26(2,3)9-8-25-11-22-7-6-12-10-13(4-5-14(12)15(22)23)21-16(24)17(18,19)20/h4-7,10H,8-9,11H2,1-3H3,(H,21,24). The highest BCUT2D eigenvalue weighted by Crippen LogP contribution is 2.21. The third kappa shape index (κ3) is 5.43. The van der Waals surface area contributed by atoms with Crippen LogP contribution in [0.4, 0.5) is 18.9 Å². The molecule has 5 nitrogen and oxygen atoms in total. The third-order valence-electron chi connectivity index (χ3n) is 3.72. The maximum atomic E-state index is 12.4. The highest BCUT2D eigenvalue weighted by molar-refractivity contribution is 6.76. The van der Waals surface area contributed by atoms with Gasteiger partial charge in [-0.2, -0.15) is 13.2 Å². The van der Waals surface area contributed by atoms with E-state index in [-0.39, 0.29) is 18.0 Å². The molecule has 0 saturated carbocycles. The Balaban J connectivity index is 2.13. The number of hydrogen-bond acceptors (Lipinski definition) is 3. The summed E-state index contributed by atoms with van der Waals surface area (Å²) in [6.45, 7) is 7.38. The zero-order valence-electron chi connectivity index (χ0n) is 14.8. The second-order valence-corrected chi connectivity index (χ2v) is 12.8. The Morgan fingerprint density at radius 2 is 1.92 bits per heavy atom. The van der Waals surface area contributed by atoms with Crippen LogP contribution in [-0.2, 0) is 16.3 Å². The molecule has 0 saturated heterocycles. The molecule has 1 aromatic carbocycles. The number of fused-ring (bicyclic) bond motifs is 1. The van der Waals surface area contributed by atoms with Gasteiger partial charge >= 0.3 is 12.1 Å². The molecule has 1 aromatic heterocycles. The molecule has 9 heteroatoms. The van der Waals surface area contributed by atoms with Gasteiger partial charge in [-0.25, -0.2) is 0 Å². The van der Waals surface area contributed by atoms with Crippen LogP contribution in [0.2, 0.25) is 25.7 Å². The second kappa shape index (κ2) is 7.63. The summed E-state index contributed by atoms with van der Waals surface area (Å²) in [5.41, 5.74) is -0.326. The van der Waals surface area contributed by atoms with Crippen LogP contribution < -0.4 is 10.9 Å². The maximum Gasteiger partial charge on any atom is 0.471 e. The number of aromatic nitrogens is 1. The van der Waals surface area contributed by atoms with Gasteiger partial charge in [0.1, 0.15) is 6.73 Å². The lowest BCUT2D eigenvalue weighted by Gasteiger charge is -2.16. The summed E-state index contributed by atoms with van der Waals surface area (Å²) >= 11 is 0. The number of alkyl halides is 3. The lowest BCUT2D eigenvalue weighted by Crippen LogP contribution is -2.30. The summed E-state index contributed by atoms with van der Waals surface area (Å²) < 4.78 is 43.9. The third-order valence-corrected chi connectivity index (χ3v) is 5.42. The van der Waals surface area contributed by atoms with E-state index in [4.69, 9.17) is 4.74 Å². The number of hydrogen-bond donors (Lipinski definition) is 1. The average Bonchev–Trinajstić information content (AvgIpc) is 2.51. The molecule has 0 unspecified atom stereocenters. The van der Waals surface area contributed by atoms with Gasteiger partial charge in [0.05, 0.1) is 0 Å². The number of carbonyl (C=O) groups is 1. The normalized spacial score (nSPS) is 12.4. The number of carbonyl (C=O) groups excluding carboxylic acids is 1. The number of anilines is 1. The van der Waals surface area contributed by atoms with E-state index in [2.05, 4.69) is 19.6 Å². The van der Waals surface area contributed by atoms with Crippen molar-refractivity contribution in [1.82, 2.24) is 4.57 Å². The monoisotopic (exact) mass is 386 g/mol. The van der Waals surface area contributed by atoms with Gasteiger partial charge < -0.3 is 10.1 Å². The smallest absolute Gasteiger partial charge is 0.361 e. The van der Waals surface area contributed by atoms with Crippen molar-refractivity contribution in [1.29, 1.82) is 0 Å². The number of nitrogens with one attached hydrogen (secondary N) is 1. The first-order chi connectivity index (χ1) is 12.0. The van der Waals surface area contributed by atoms with Crippen molar-refractivity contribution >= 4 is 30.4 Å². The Hall–Kier alpha value is -2.13. The van der Waals surface area contributed by atoms with Crippen molar-refractivity contribution < 1.29 is 22.7 Å². The van der Waals surface area contributed by atoms with Crippen LogP contribution in [0.3, 0.4) is 0 Å². The maximum absolute atomic E-state index is 12.4. The largest absolute Gasteiger partial charge is 0.471 e. The number of ether oxygens (including phenoxy) is 1. The zero-order valence-corrected chi connectivity index (χ0v) is 15.8. The Morgan fingerprint density at radius 3 is 2.54 bits per heavy atom. The van der Waals surface area contributed by atoms with E-state index in [0.717, 1.165) is 6.04 Å². The van der Waals surface area contributed by atoms with Gasteiger partial charge in [0.15, 0.2) is 0 Å². The number of amides is 1. The van der Waals surface area contributed by atoms with Crippen LogP contribution >= 0.6 is 0 Å². The summed E-state index contributed by atoms with van der Waals surface area (Å²) in [4.78, 5) is 23.4. The van der Waals surface area contributed by atoms with Crippen molar-refractivity contribution in [2.45, 2.75) is 38.6 Å².